The van der Waals surface area contributed by atoms with Crippen molar-refractivity contribution in [1.82, 2.24) is 0 Å². The van der Waals surface area contributed by atoms with Gasteiger partial charge in [-0.15, -0.1) is 0 Å². The number of Topliss-reactive ketones (excluding diaryl/α,β-unsaturated/α-hetero) is 1. The standard InChI is InChI=1S/C25H27NO7/c1-3-13-32-25(30)18-7-5-17(6-8-18)15-26-20-14-19(9-11-22(20)33-16-23(26)28)21(27)10-12-24(29)31-4-2/h5-9,11,14H,3-4,10,12-13,15-16H2,1-2H3. The maximum absolute atomic E-state index is 12.6. The molecule has 0 fully saturated rings. The van der Waals surface area contributed by atoms with Gasteiger partial charge in [-0.3, -0.25) is 14.4 Å². The van der Waals surface area contributed by atoms with Crippen molar-refractivity contribution in [1.29, 1.82) is 0 Å². The van der Waals surface area contributed by atoms with Crippen molar-refractivity contribution < 1.29 is 33.4 Å². The molecule has 3 rings (SSSR count). The van der Waals surface area contributed by atoms with Crippen molar-refractivity contribution >= 4 is 29.3 Å². The van der Waals surface area contributed by atoms with Crippen molar-refractivity contribution in [2.45, 2.75) is 39.7 Å². The maximum Gasteiger partial charge on any atom is 0.338 e. The number of esters is 2. The Labute approximate surface area is 192 Å². The second-order valence-electron chi connectivity index (χ2n) is 7.51. The third-order valence-corrected chi connectivity index (χ3v) is 5.05. The van der Waals surface area contributed by atoms with E-state index in [1.807, 2.05) is 6.92 Å². The van der Waals surface area contributed by atoms with E-state index in [2.05, 4.69) is 0 Å². The molecule has 1 amide bonds. The molecule has 0 aromatic heterocycles. The molecule has 1 aliphatic rings. The van der Waals surface area contributed by atoms with Gasteiger partial charge in [-0.2, -0.15) is 0 Å². The number of ether oxygens (including phenoxy) is 3. The number of amides is 1. The zero-order valence-electron chi connectivity index (χ0n) is 18.8. The Kier molecular flexibility index (Phi) is 8.18. The smallest absolute Gasteiger partial charge is 0.338 e. The monoisotopic (exact) mass is 453 g/mol. The zero-order chi connectivity index (χ0) is 23.8. The number of rotatable bonds is 10. The first-order chi connectivity index (χ1) is 15.9. The molecule has 0 atom stereocenters. The van der Waals surface area contributed by atoms with Gasteiger partial charge in [0.2, 0.25) is 0 Å². The summed E-state index contributed by atoms with van der Waals surface area (Å²) in [6.07, 6.45) is 0.758. The number of hydrogen-bond donors (Lipinski definition) is 0. The molecule has 0 saturated carbocycles. The van der Waals surface area contributed by atoms with Crippen LogP contribution in [0.25, 0.3) is 0 Å². The van der Waals surface area contributed by atoms with Gasteiger partial charge in [-0.1, -0.05) is 19.1 Å². The summed E-state index contributed by atoms with van der Waals surface area (Å²) < 4.78 is 15.5. The predicted molar refractivity (Wildman–Crippen MR) is 120 cm³/mol. The number of ketones is 1. The summed E-state index contributed by atoms with van der Waals surface area (Å²) in [6.45, 7) is 4.40. The van der Waals surface area contributed by atoms with E-state index in [0.29, 0.717) is 29.2 Å². The molecule has 0 N–H and O–H groups in total. The molecule has 0 aliphatic carbocycles. The minimum absolute atomic E-state index is 0.00403. The summed E-state index contributed by atoms with van der Waals surface area (Å²) in [7, 11) is 0. The third kappa shape index (κ3) is 6.19. The minimum Gasteiger partial charge on any atom is -0.482 e. The molecular formula is C25H27NO7. The number of anilines is 1. The number of hydrogen-bond acceptors (Lipinski definition) is 7. The van der Waals surface area contributed by atoms with Crippen molar-refractivity contribution in [3.05, 3.63) is 59.2 Å². The quantitative estimate of drug-likeness (QED) is 0.399. The van der Waals surface area contributed by atoms with Crippen LogP contribution in [0.15, 0.2) is 42.5 Å². The van der Waals surface area contributed by atoms with Crippen LogP contribution in [-0.2, 0) is 25.6 Å². The van der Waals surface area contributed by atoms with Crippen molar-refractivity contribution in [3.63, 3.8) is 0 Å². The molecule has 0 saturated heterocycles. The molecule has 8 heteroatoms. The lowest BCUT2D eigenvalue weighted by molar-refractivity contribution is -0.143. The minimum atomic E-state index is -0.425. The summed E-state index contributed by atoms with van der Waals surface area (Å²) in [6, 6.07) is 11.7. The van der Waals surface area contributed by atoms with Gasteiger partial charge in [-0.05, 0) is 49.2 Å². The largest absolute Gasteiger partial charge is 0.482 e. The van der Waals surface area contributed by atoms with Gasteiger partial charge in [0.05, 0.1) is 37.4 Å². The van der Waals surface area contributed by atoms with Crippen molar-refractivity contribution in [3.8, 4) is 5.75 Å². The van der Waals surface area contributed by atoms with Crippen LogP contribution >= 0.6 is 0 Å². The maximum atomic E-state index is 12.6. The lowest BCUT2D eigenvalue weighted by atomic mass is 10.0. The Bertz CT molecular complexity index is 1030. The van der Waals surface area contributed by atoms with Gasteiger partial charge in [-0.25, -0.2) is 4.79 Å². The molecule has 0 bridgehead atoms. The van der Waals surface area contributed by atoms with E-state index in [1.165, 1.54) is 0 Å². The fourth-order valence-corrected chi connectivity index (χ4v) is 3.35. The highest BCUT2D eigenvalue weighted by molar-refractivity contribution is 6.02. The molecule has 2 aromatic rings. The number of carbonyl (C=O) groups is 4. The summed E-state index contributed by atoms with van der Waals surface area (Å²) in [4.78, 5) is 50.3. The van der Waals surface area contributed by atoms with Gasteiger partial charge >= 0.3 is 11.9 Å². The summed E-state index contributed by atoms with van der Waals surface area (Å²) in [5.41, 5.74) is 2.12. The molecule has 0 radical (unpaired) electrons. The predicted octanol–water partition coefficient (Wildman–Crippen LogP) is 3.71. The van der Waals surface area contributed by atoms with Gasteiger partial charge in [0, 0.05) is 12.0 Å². The number of fused-ring (bicyclic) bond motifs is 1. The summed E-state index contributed by atoms with van der Waals surface area (Å²) in [5, 5.41) is 0. The van der Waals surface area contributed by atoms with Gasteiger partial charge < -0.3 is 19.1 Å². The highest BCUT2D eigenvalue weighted by atomic mass is 16.5. The van der Waals surface area contributed by atoms with Crippen molar-refractivity contribution in [2.24, 2.45) is 0 Å². The van der Waals surface area contributed by atoms with E-state index < -0.39 is 5.97 Å². The number of benzene rings is 2. The van der Waals surface area contributed by atoms with Crippen LogP contribution in [0, 0.1) is 0 Å². The normalized spacial score (nSPS) is 12.5. The lowest BCUT2D eigenvalue weighted by Crippen LogP contribution is -2.38. The summed E-state index contributed by atoms with van der Waals surface area (Å²) >= 11 is 0. The zero-order valence-corrected chi connectivity index (χ0v) is 18.8. The lowest BCUT2D eigenvalue weighted by Gasteiger charge is -2.30. The molecule has 0 unspecified atom stereocenters. The fourth-order valence-electron chi connectivity index (χ4n) is 3.35. The second kappa shape index (κ2) is 11.3. The van der Waals surface area contributed by atoms with Gasteiger partial charge in [0.25, 0.3) is 5.91 Å². The molecule has 0 spiro atoms. The van der Waals surface area contributed by atoms with Crippen LogP contribution in [0.5, 0.6) is 5.75 Å². The van der Waals surface area contributed by atoms with Gasteiger partial charge in [0.1, 0.15) is 5.75 Å². The van der Waals surface area contributed by atoms with Crippen LogP contribution < -0.4 is 9.64 Å². The van der Waals surface area contributed by atoms with Crippen LogP contribution in [-0.4, -0.2) is 43.4 Å². The average Bonchev–Trinajstić information content (AvgIpc) is 2.83. The van der Waals surface area contributed by atoms with E-state index in [-0.39, 0.29) is 50.3 Å². The van der Waals surface area contributed by atoms with Crippen LogP contribution in [0.4, 0.5) is 5.69 Å². The first-order valence-corrected chi connectivity index (χ1v) is 10.9. The fraction of sp³-hybridized carbons (Fsp3) is 0.360. The Hall–Kier alpha value is -3.68. The third-order valence-electron chi connectivity index (χ3n) is 5.05. The van der Waals surface area contributed by atoms with E-state index in [9.17, 15) is 19.2 Å². The first kappa shape index (κ1) is 24.0. The van der Waals surface area contributed by atoms with Crippen LogP contribution in [0.1, 0.15) is 59.4 Å². The first-order valence-electron chi connectivity index (χ1n) is 10.9. The Morgan fingerprint density at radius 2 is 1.70 bits per heavy atom. The number of nitrogens with zero attached hydrogens (tertiary/aromatic N) is 1. The topological polar surface area (TPSA) is 99.2 Å². The van der Waals surface area contributed by atoms with Gasteiger partial charge in [0.15, 0.2) is 12.4 Å². The molecular weight excluding hydrogens is 426 g/mol. The second-order valence-corrected chi connectivity index (χ2v) is 7.51. The molecule has 174 valence electrons. The van der Waals surface area contributed by atoms with Crippen molar-refractivity contribution in [2.75, 3.05) is 24.7 Å². The molecule has 8 nitrogen and oxygen atoms in total. The SMILES string of the molecule is CCCOC(=O)c1ccc(CN2C(=O)COc3ccc(C(=O)CCC(=O)OCC)cc32)cc1. The molecule has 1 heterocycles. The Morgan fingerprint density at radius 3 is 2.39 bits per heavy atom. The molecule has 2 aromatic carbocycles. The highest BCUT2D eigenvalue weighted by Crippen LogP contribution is 2.34. The van der Waals surface area contributed by atoms with Crippen LogP contribution in [0.3, 0.4) is 0 Å². The number of carbonyl (C=O) groups excluding carboxylic acids is 4. The van der Waals surface area contributed by atoms with E-state index in [4.69, 9.17) is 14.2 Å². The summed E-state index contributed by atoms with van der Waals surface area (Å²) in [5.74, 6) is -0.784. The Balaban J connectivity index is 1.75. The Morgan fingerprint density at radius 1 is 0.970 bits per heavy atom. The van der Waals surface area contributed by atoms with E-state index in [0.717, 1.165) is 12.0 Å². The molecule has 1 aliphatic heterocycles. The highest BCUT2D eigenvalue weighted by Gasteiger charge is 2.27. The average molecular weight is 453 g/mol. The van der Waals surface area contributed by atoms with E-state index >= 15 is 0 Å². The van der Waals surface area contributed by atoms with Crippen LogP contribution in [0.2, 0.25) is 0 Å². The van der Waals surface area contributed by atoms with E-state index in [1.54, 1.807) is 54.3 Å². The molecule has 33 heavy (non-hydrogen) atoms.